The fourth-order valence-electron chi connectivity index (χ4n) is 4.41. The first kappa shape index (κ1) is 18.9. The lowest BCUT2D eigenvalue weighted by atomic mass is 9.74. The largest absolute Gasteiger partial charge is 0.381 e. The van der Waals surface area contributed by atoms with Crippen LogP contribution in [-0.4, -0.2) is 44.2 Å². The summed E-state index contributed by atoms with van der Waals surface area (Å²) in [5.74, 6) is 0.733. The zero-order chi connectivity index (χ0) is 19.4. The number of benzene rings is 2. The standard InChI is InChI=1S/C23H28FN3O/c1-25-22(27-12-9-18-5-2-3-6-19(18)16-27)26-17-23(10-13-28-14-11-23)20-7-4-8-21(24)15-20/h2-8,15H,9-14,16-17H2,1H3,(H,25,26). The minimum atomic E-state index is -0.180. The summed E-state index contributed by atoms with van der Waals surface area (Å²) in [5, 5.41) is 3.60. The Labute approximate surface area is 166 Å². The van der Waals surface area contributed by atoms with E-state index in [2.05, 4.69) is 39.5 Å². The number of fused-ring (bicyclic) bond motifs is 1. The zero-order valence-electron chi connectivity index (χ0n) is 16.5. The predicted octanol–water partition coefficient (Wildman–Crippen LogP) is 3.51. The zero-order valence-corrected chi connectivity index (χ0v) is 16.5. The van der Waals surface area contributed by atoms with Crippen molar-refractivity contribution >= 4 is 5.96 Å². The normalized spacial score (nSPS) is 19.2. The van der Waals surface area contributed by atoms with E-state index in [1.54, 1.807) is 12.1 Å². The molecule has 0 amide bonds. The van der Waals surface area contributed by atoms with Crippen LogP contribution in [0.2, 0.25) is 0 Å². The summed E-state index contributed by atoms with van der Waals surface area (Å²) < 4.78 is 19.5. The van der Waals surface area contributed by atoms with Crippen LogP contribution in [0.1, 0.15) is 29.5 Å². The molecule has 0 aromatic heterocycles. The average Bonchev–Trinajstić information content (AvgIpc) is 2.75. The van der Waals surface area contributed by atoms with Gasteiger partial charge in [-0.2, -0.15) is 0 Å². The number of nitrogens with zero attached hydrogens (tertiary/aromatic N) is 2. The van der Waals surface area contributed by atoms with Gasteiger partial charge in [-0.05, 0) is 48.1 Å². The van der Waals surface area contributed by atoms with E-state index in [9.17, 15) is 4.39 Å². The Morgan fingerprint density at radius 1 is 1.14 bits per heavy atom. The van der Waals surface area contributed by atoms with Crippen molar-refractivity contribution in [1.82, 2.24) is 10.2 Å². The van der Waals surface area contributed by atoms with Crippen molar-refractivity contribution in [2.45, 2.75) is 31.2 Å². The molecule has 1 saturated heterocycles. The Morgan fingerprint density at radius 2 is 1.93 bits per heavy atom. The molecule has 0 atom stereocenters. The van der Waals surface area contributed by atoms with E-state index >= 15 is 0 Å². The van der Waals surface area contributed by atoms with E-state index in [0.29, 0.717) is 13.2 Å². The van der Waals surface area contributed by atoms with Crippen LogP contribution in [0, 0.1) is 5.82 Å². The van der Waals surface area contributed by atoms with Crippen LogP contribution in [0.15, 0.2) is 53.5 Å². The monoisotopic (exact) mass is 381 g/mol. The van der Waals surface area contributed by atoms with Gasteiger partial charge in [0, 0.05) is 45.3 Å². The lowest BCUT2D eigenvalue weighted by Gasteiger charge is -2.39. The first-order chi connectivity index (χ1) is 13.7. The third-order valence-electron chi connectivity index (χ3n) is 6.11. The number of hydrogen-bond donors (Lipinski definition) is 1. The Morgan fingerprint density at radius 3 is 2.68 bits per heavy atom. The van der Waals surface area contributed by atoms with Gasteiger partial charge in [-0.1, -0.05) is 36.4 Å². The summed E-state index contributed by atoms with van der Waals surface area (Å²) in [7, 11) is 1.84. The Hall–Kier alpha value is -2.40. The van der Waals surface area contributed by atoms with Gasteiger partial charge in [0.25, 0.3) is 0 Å². The molecule has 4 rings (SSSR count). The molecule has 2 aromatic rings. The molecule has 1 fully saturated rings. The van der Waals surface area contributed by atoms with Crippen LogP contribution in [0.25, 0.3) is 0 Å². The summed E-state index contributed by atoms with van der Waals surface area (Å²) >= 11 is 0. The second-order valence-corrected chi connectivity index (χ2v) is 7.74. The smallest absolute Gasteiger partial charge is 0.193 e. The highest BCUT2D eigenvalue weighted by molar-refractivity contribution is 5.80. The molecule has 0 unspecified atom stereocenters. The van der Waals surface area contributed by atoms with Gasteiger partial charge < -0.3 is 15.0 Å². The Kier molecular flexibility index (Phi) is 5.62. The highest BCUT2D eigenvalue weighted by atomic mass is 19.1. The van der Waals surface area contributed by atoms with Crippen LogP contribution in [0.4, 0.5) is 4.39 Å². The first-order valence-electron chi connectivity index (χ1n) is 10.1. The minimum Gasteiger partial charge on any atom is -0.381 e. The van der Waals surface area contributed by atoms with Crippen LogP contribution in [-0.2, 0) is 23.1 Å². The molecule has 5 heteroatoms. The highest BCUT2D eigenvalue weighted by Crippen LogP contribution is 2.34. The van der Waals surface area contributed by atoms with E-state index in [0.717, 1.165) is 50.4 Å². The molecule has 4 nitrogen and oxygen atoms in total. The number of halogens is 1. The number of ether oxygens (including phenoxy) is 1. The summed E-state index contributed by atoms with van der Waals surface area (Å²) in [6.45, 7) is 3.95. The second kappa shape index (κ2) is 8.31. The maximum absolute atomic E-state index is 13.9. The lowest BCUT2D eigenvalue weighted by molar-refractivity contribution is 0.0510. The van der Waals surface area contributed by atoms with Gasteiger partial charge in [0.05, 0.1) is 0 Å². The van der Waals surface area contributed by atoms with Crippen molar-refractivity contribution in [3.05, 3.63) is 71.0 Å². The van der Waals surface area contributed by atoms with Crippen molar-refractivity contribution in [3.63, 3.8) is 0 Å². The number of aliphatic imine (C=N–C) groups is 1. The molecular weight excluding hydrogens is 353 g/mol. The molecule has 2 heterocycles. The van der Waals surface area contributed by atoms with Crippen LogP contribution < -0.4 is 5.32 Å². The molecule has 148 valence electrons. The Balaban J connectivity index is 1.50. The van der Waals surface area contributed by atoms with Crippen molar-refractivity contribution < 1.29 is 9.13 Å². The van der Waals surface area contributed by atoms with E-state index in [4.69, 9.17) is 4.74 Å². The van der Waals surface area contributed by atoms with Gasteiger partial charge in [-0.3, -0.25) is 4.99 Å². The minimum absolute atomic E-state index is 0.135. The van der Waals surface area contributed by atoms with E-state index in [-0.39, 0.29) is 11.2 Å². The summed E-state index contributed by atoms with van der Waals surface area (Å²) in [6, 6.07) is 15.6. The van der Waals surface area contributed by atoms with Gasteiger partial charge in [0.15, 0.2) is 5.96 Å². The second-order valence-electron chi connectivity index (χ2n) is 7.74. The third kappa shape index (κ3) is 3.90. The quantitative estimate of drug-likeness (QED) is 0.653. The molecule has 0 saturated carbocycles. The molecule has 28 heavy (non-hydrogen) atoms. The van der Waals surface area contributed by atoms with E-state index < -0.39 is 0 Å². The molecule has 1 N–H and O–H groups in total. The van der Waals surface area contributed by atoms with Gasteiger partial charge in [0.2, 0.25) is 0 Å². The number of nitrogens with one attached hydrogen (secondary N) is 1. The fourth-order valence-corrected chi connectivity index (χ4v) is 4.41. The van der Waals surface area contributed by atoms with Crippen molar-refractivity contribution in [3.8, 4) is 0 Å². The van der Waals surface area contributed by atoms with Gasteiger partial charge in [-0.15, -0.1) is 0 Å². The van der Waals surface area contributed by atoms with E-state index in [1.807, 2.05) is 13.1 Å². The Bertz CT molecular complexity index is 845. The molecule has 0 radical (unpaired) electrons. The maximum Gasteiger partial charge on any atom is 0.193 e. The maximum atomic E-state index is 13.9. The number of rotatable bonds is 3. The molecule has 0 bridgehead atoms. The van der Waals surface area contributed by atoms with Crippen molar-refractivity contribution in [2.75, 3.05) is 33.4 Å². The molecule has 2 aliphatic heterocycles. The molecule has 0 aliphatic carbocycles. The van der Waals surface area contributed by atoms with Gasteiger partial charge in [0.1, 0.15) is 5.82 Å². The summed E-state index contributed by atoms with van der Waals surface area (Å²) in [4.78, 5) is 6.84. The van der Waals surface area contributed by atoms with Crippen LogP contribution in [0.3, 0.4) is 0 Å². The average molecular weight is 381 g/mol. The number of guanidine groups is 1. The molecular formula is C23H28FN3O. The van der Waals surface area contributed by atoms with Crippen molar-refractivity contribution in [2.24, 2.45) is 4.99 Å². The summed E-state index contributed by atoms with van der Waals surface area (Å²) in [5.41, 5.74) is 3.70. The fraction of sp³-hybridized carbons (Fsp3) is 0.435. The first-order valence-corrected chi connectivity index (χ1v) is 10.1. The van der Waals surface area contributed by atoms with Gasteiger partial charge in [-0.25, -0.2) is 4.39 Å². The number of hydrogen-bond acceptors (Lipinski definition) is 2. The lowest BCUT2D eigenvalue weighted by Crippen LogP contribution is -2.50. The third-order valence-corrected chi connectivity index (χ3v) is 6.11. The van der Waals surface area contributed by atoms with Crippen molar-refractivity contribution in [1.29, 1.82) is 0 Å². The molecule has 2 aromatic carbocycles. The molecule has 2 aliphatic rings. The molecule has 0 spiro atoms. The van der Waals surface area contributed by atoms with Crippen LogP contribution >= 0.6 is 0 Å². The van der Waals surface area contributed by atoms with Crippen LogP contribution in [0.5, 0.6) is 0 Å². The SMILES string of the molecule is CN=C(NCC1(c2cccc(F)c2)CCOCC1)N1CCc2ccccc2C1. The summed E-state index contributed by atoms with van der Waals surface area (Å²) in [6.07, 6.45) is 2.78. The highest BCUT2D eigenvalue weighted by Gasteiger charge is 2.35. The van der Waals surface area contributed by atoms with E-state index in [1.165, 1.54) is 17.2 Å². The predicted molar refractivity (Wildman–Crippen MR) is 110 cm³/mol. The van der Waals surface area contributed by atoms with Gasteiger partial charge >= 0.3 is 0 Å². The topological polar surface area (TPSA) is 36.9 Å².